The van der Waals surface area contributed by atoms with E-state index in [1.54, 1.807) is 24.3 Å². The molecule has 3 fully saturated rings. The summed E-state index contributed by atoms with van der Waals surface area (Å²) in [5.41, 5.74) is 1.08. The highest BCUT2D eigenvalue weighted by Crippen LogP contribution is 2.60. The average molecular weight is 567 g/mol. The number of carbonyl (C=O) groups excluding carboxylic acids is 3. The van der Waals surface area contributed by atoms with E-state index in [2.05, 4.69) is 31.9 Å². The first-order valence-corrected chi connectivity index (χ1v) is 12.4. The number of hydrazine groups is 1. The summed E-state index contributed by atoms with van der Waals surface area (Å²) in [7, 11) is 0. The van der Waals surface area contributed by atoms with Gasteiger partial charge in [0, 0.05) is 9.65 Å². The van der Waals surface area contributed by atoms with Crippen LogP contribution < -0.4 is 0 Å². The molecule has 2 aliphatic carbocycles. The van der Waals surface area contributed by atoms with E-state index >= 15 is 0 Å². The van der Waals surface area contributed by atoms with Crippen molar-refractivity contribution in [3.8, 4) is 0 Å². The molecular formula is C23H19Br2ClN2O3. The van der Waals surface area contributed by atoms with Crippen LogP contribution in [-0.4, -0.2) is 37.4 Å². The van der Waals surface area contributed by atoms with Gasteiger partial charge < -0.3 is 0 Å². The predicted molar refractivity (Wildman–Crippen MR) is 124 cm³/mol. The zero-order valence-electron chi connectivity index (χ0n) is 16.3. The number of alkyl halides is 2. The summed E-state index contributed by atoms with van der Waals surface area (Å²) in [6, 6.07) is 16.0. The van der Waals surface area contributed by atoms with E-state index in [9.17, 15) is 14.4 Å². The summed E-state index contributed by atoms with van der Waals surface area (Å²) in [6.07, 6.45) is 0.837. The molecule has 0 unspecified atom stereocenters. The minimum absolute atomic E-state index is 0.0785. The number of hydrogen-bond acceptors (Lipinski definition) is 3. The van der Waals surface area contributed by atoms with Gasteiger partial charge in [-0.1, -0.05) is 85.9 Å². The van der Waals surface area contributed by atoms with Crippen molar-refractivity contribution in [3.63, 3.8) is 0 Å². The maximum Gasteiger partial charge on any atom is 0.274 e. The maximum atomic E-state index is 13.6. The highest BCUT2D eigenvalue weighted by molar-refractivity contribution is 9.12. The number of hydrogen-bond donors (Lipinski definition) is 0. The second-order valence-electron chi connectivity index (χ2n) is 8.32. The number of fused-ring (bicyclic) bond motifs is 5. The molecule has 0 N–H and O–H groups in total. The number of benzene rings is 2. The molecule has 0 spiro atoms. The lowest BCUT2D eigenvalue weighted by molar-refractivity contribution is -0.156. The number of carbonyl (C=O) groups is 3. The molecule has 2 aromatic rings. The van der Waals surface area contributed by atoms with Gasteiger partial charge in [-0.3, -0.25) is 14.4 Å². The largest absolute Gasteiger partial charge is 0.274 e. The van der Waals surface area contributed by atoms with Gasteiger partial charge in [-0.05, 0) is 36.0 Å². The number of imide groups is 1. The first kappa shape index (κ1) is 21.2. The molecule has 2 aromatic carbocycles. The molecule has 5 nitrogen and oxygen atoms in total. The molecule has 3 aliphatic rings. The van der Waals surface area contributed by atoms with E-state index in [0.29, 0.717) is 0 Å². The standard InChI is InChI=1S/C23H19Br2ClN2O3/c24-19-14-10-15(20(19)25)18-17(14)22(30)28(23(18)31)27(11-12-6-2-1-3-7-12)21(29)13-8-4-5-9-16(13)26/h1-9,14-15,17-20H,10-11H2/t14-,15-,17-,18+,19-,20+/m1/s1. The van der Waals surface area contributed by atoms with Gasteiger partial charge in [-0.2, -0.15) is 5.01 Å². The predicted octanol–water partition coefficient (Wildman–Crippen LogP) is 4.68. The fourth-order valence-electron chi connectivity index (χ4n) is 5.33. The van der Waals surface area contributed by atoms with Crippen molar-refractivity contribution < 1.29 is 14.4 Å². The van der Waals surface area contributed by atoms with Crippen LogP contribution in [0.2, 0.25) is 5.02 Å². The lowest BCUT2D eigenvalue weighted by atomic mass is 9.81. The lowest BCUT2D eigenvalue weighted by Crippen LogP contribution is -2.50. The van der Waals surface area contributed by atoms with E-state index in [0.717, 1.165) is 17.0 Å². The molecule has 160 valence electrons. The van der Waals surface area contributed by atoms with Crippen molar-refractivity contribution in [2.24, 2.45) is 23.7 Å². The highest BCUT2D eigenvalue weighted by Gasteiger charge is 2.67. The molecule has 0 radical (unpaired) electrons. The quantitative estimate of drug-likeness (QED) is 0.399. The third kappa shape index (κ3) is 3.28. The van der Waals surface area contributed by atoms with Crippen LogP contribution in [-0.2, 0) is 16.1 Å². The first-order valence-electron chi connectivity index (χ1n) is 10.2. The summed E-state index contributed by atoms with van der Waals surface area (Å²) in [4.78, 5) is 40.9. The SMILES string of the molecule is O=C(c1ccccc1Cl)N(Cc1ccccc1)N1C(=O)[C@@H]2[C@H]3C[C@@H]([C@H](Br)[C@@H]3Br)[C@@H]2C1=O. The Labute approximate surface area is 201 Å². The Hall–Kier alpha value is -1.70. The number of rotatable bonds is 4. The lowest BCUT2D eigenvalue weighted by Gasteiger charge is -2.31. The van der Waals surface area contributed by atoms with Crippen LogP contribution in [0, 0.1) is 23.7 Å². The molecule has 3 amide bonds. The van der Waals surface area contributed by atoms with Crippen LogP contribution in [0.3, 0.4) is 0 Å². The van der Waals surface area contributed by atoms with Gasteiger partial charge in [-0.25, -0.2) is 5.01 Å². The Kier molecular flexibility index (Phi) is 5.47. The van der Waals surface area contributed by atoms with Gasteiger partial charge in [0.15, 0.2) is 0 Å². The van der Waals surface area contributed by atoms with Gasteiger partial charge in [-0.15, -0.1) is 0 Å². The van der Waals surface area contributed by atoms with E-state index < -0.39 is 17.7 Å². The average Bonchev–Trinajstić information content (AvgIpc) is 3.38. The van der Waals surface area contributed by atoms with E-state index in [-0.39, 0.29) is 50.4 Å². The van der Waals surface area contributed by atoms with Crippen molar-refractivity contribution in [3.05, 3.63) is 70.7 Å². The highest BCUT2D eigenvalue weighted by atomic mass is 79.9. The Morgan fingerprint density at radius 2 is 1.48 bits per heavy atom. The molecule has 6 atom stereocenters. The minimum Gasteiger partial charge on any atom is -0.272 e. The van der Waals surface area contributed by atoms with E-state index in [1.165, 1.54) is 5.01 Å². The Morgan fingerprint density at radius 3 is 2.06 bits per heavy atom. The van der Waals surface area contributed by atoms with Crippen molar-refractivity contribution in [1.29, 1.82) is 0 Å². The molecule has 2 bridgehead atoms. The molecule has 8 heteroatoms. The van der Waals surface area contributed by atoms with Crippen LogP contribution in [0.1, 0.15) is 22.3 Å². The Morgan fingerprint density at radius 1 is 0.935 bits per heavy atom. The number of amides is 3. The molecule has 31 heavy (non-hydrogen) atoms. The molecular weight excluding hydrogens is 548 g/mol. The summed E-state index contributed by atoms with van der Waals surface area (Å²) in [6.45, 7) is 0.104. The van der Waals surface area contributed by atoms with Crippen molar-refractivity contribution in [2.75, 3.05) is 0 Å². The van der Waals surface area contributed by atoms with Gasteiger partial charge in [0.1, 0.15) is 0 Å². The van der Waals surface area contributed by atoms with Gasteiger partial charge in [0.05, 0.1) is 29.0 Å². The Balaban J connectivity index is 1.54. The van der Waals surface area contributed by atoms with Crippen LogP contribution in [0.4, 0.5) is 0 Å². The molecule has 2 saturated carbocycles. The summed E-state index contributed by atoms with van der Waals surface area (Å²) < 4.78 is 0. The van der Waals surface area contributed by atoms with Gasteiger partial charge in [0.2, 0.25) is 0 Å². The van der Waals surface area contributed by atoms with Crippen molar-refractivity contribution >= 4 is 61.2 Å². The monoisotopic (exact) mass is 564 g/mol. The molecule has 5 rings (SSSR count). The molecule has 1 aliphatic heterocycles. The van der Waals surface area contributed by atoms with Gasteiger partial charge >= 0.3 is 0 Å². The summed E-state index contributed by atoms with van der Waals surface area (Å²) >= 11 is 13.7. The maximum absolute atomic E-state index is 13.6. The smallest absolute Gasteiger partial charge is 0.272 e. The summed E-state index contributed by atoms with van der Waals surface area (Å²) in [5.74, 6) is -1.68. The Bertz CT molecular complexity index is 1030. The molecule has 1 heterocycles. The van der Waals surface area contributed by atoms with Crippen LogP contribution in [0.15, 0.2) is 54.6 Å². The first-order chi connectivity index (χ1) is 14.9. The number of halogens is 3. The molecule has 0 aromatic heterocycles. The molecule has 1 saturated heterocycles. The second kappa shape index (κ2) is 8.01. The van der Waals surface area contributed by atoms with Crippen molar-refractivity contribution in [2.45, 2.75) is 22.6 Å². The third-order valence-electron chi connectivity index (χ3n) is 6.72. The zero-order chi connectivity index (χ0) is 21.9. The van der Waals surface area contributed by atoms with E-state index in [1.807, 2.05) is 30.3 Å². The fourth-order valence-corrected chi connectivity index (χ4v) is 7.42. The van der Waals surface area contributed by atoms with Gasteiger partial charge in [0.25, 0.3) is 17.7 Å². The topological polar surface area (TPSA) is 57.7 Å². The van der Waals surface area contributed by atoms with Crippen LogP contribution in [0.25, 0.3) is 0 Å². The fraction of sp³-hybridized carbons (Fsp3) is 0.348. The van der Waals surface area contributed by atoms with Crippen LogP contribution in [0.5, 0.6) is 0 Å². The number of nitrogens with zero attached hydrogens (tertiary/aromatic N) is 2. The second-order valence-corrected chi connectivity index (χ2v) is 10.8. The normalized spacial score (nSPS) is 31.3. The minimum atomic E-state index is -0.464. The van der Waals surface area contributed by atoms with E-state index in [4.69, 9.17) is 11.6 Å². The van der Waals surface area contributed by atoms with Crippen LogP contribution >= 0.6 is 43.5 Å². The van der Waals surface area contributed by atoms with Crippen molar-refractivity contribution in [1.82, 2.24) is 10.0 Å². The summed E-state index contributed by atoms with van der Waals surface area (Å²) in [5, 5.41) is 2.65. The third-order valence-corrected chi connectivity index (χ3v) is 10.3. The zero-order valence-corrected chi connectivity index (χ0v) is 20.3.